The molecule has 1 N–H and O–H groups in total. The van der Waals surface area contributed by atoms with Crippen LogP contribution in [-0.2, 0) is 6.54 Å². The number of ether oxygens (including phenoxy) is 1. The van der Waals surface area contributed by atoms with Crippen molar-refractivity contribution in [1.29, 1.82) is 0 Å². The first-order chi connectivity index (χ1) is 15.9. The maximum atomic E-state index is 15.0. The van der Waals surface area contributed by atoms with Crippen molar-refractivity contribution in [3.8, 4) is 5.75 Å². The molecule has 0 aliphatic rings. The van der Waals surface area contributed by atoms with Crippen LogP contribution in [0.25, 0.3) is 0 Å². The Balaban J connectivity index is 1.57. The SMILES string of the molecule is Fc1cc(CNc2ccc(Cl)cc2)ccc1OC(c1ccc(Cl)cc1)c1ccc(Cl)cc1Cl. The molecule has 0 fully saturated rings. The molecule has 0 amide bonds. The molecule has 4 rings (SSSR count). The van der Waals surface area contributed by atoms with Gasteiger partial charge in [-0.2, -0.15) is 0 Å². The topological polar surface area (TPSA) is 21.3 Å². The second kappa shape index (κ2) is 10.7. The van der Waals surface area contributed by atoms with Gasteiger partial charge in [0.2, 0.25) is 0 Å². The van der Waals surface area contributed by atoms with Crippen molar-refractivity contribution in [3.05, 3.63) is 128 Å². The van der Waals surface area contributed by atoms with Crippen molar-refractivity contribution in [1.82, 2.24) is 0 Å². The van der Waals surface area contributed by atoms with E-state index in [4.69, 9.17) is 51.1 Å². The first-order valence-corrected chi connectivity index (χ1v) is 11.5. The van der Waals surface area contributed by atoms with Crippen LogP contribution in [0.3, 0.4) is 0 Å². The summed E-state index contributed by atoms with van der Waals surface area (Å²) in [5.41, 5.74) is 3.09. The highest BCUT2D eigenvalue weighted by Crippen LogP contribution is 2.35. The van der Waals surface area contributed by atoms with E-state index in [1.165, 1.54) is 6.07 Å². The van der Waals surface area contributed by atoms with E-state index in [0.29, 0.717) is 32.2 Å². The molecule has 4 aromatic rings. The fraction of sp³-hybridized carbons (Fsp3) is 0.0769. The Bertz CT molecular complexity index is 1250. The van der Waals surface area contributed by atoms with Crippen LogP contribution in [0.4, 0.5) is 10.1 Å². The summed E-state index contributed by atoms with van der Waals surface area (Å²) in [5, 5.41) is 5.40. The summed E-state index contributed by atoms with van der Waals surface area (Å²) in [6.45, 7) is 0.447. The zero-order valence-electron chi connectivity index (χ0n) is 17.2. The standard InChI is InChI=1S/C26H18Cl4FNO/c27-18-4-2-17(3-5-18)26(22-11-8-20(29)14-23(22)30)33-25-12-1-16(13-24(25)31)15-32-21-9-6-19(28)7-10-21/h1-14,26,32H,15H2. The molecule has 1 unspecified atom stereocenters. The maximum Gasteiger partial charge on any atom is 0.165 e. The van der Waals surface area contributed by atoms with E-state index in [-0.39, 0.29) is 5.75 Å². The third-order valence-electron chi connectivity index (χ3n) is 5.00. The normalized spacial score (nSPS) is 11.8. The lowest BCUT2D eigenvalue weighted by Gasteiger charge is -2.22. The second-order valence-corrected chi connectivity index (χ2v) is 9.06. The lowest BCUT2D eigenvalue weighted by atomic mass is 10.0. The minimum atomic E-state index is -0.653. The van der Waals surface area contributed by atoms with Crippen molar-refractivity contribution in [2.45, 2.75) is 12.6 Å². The second-order valence-electron chi connectivity index (χ2n) is 7.34. The molecule has 0 saturated heterocycles. The summed E-state index contributed by atoms with van der Waals surface area (Å²) in [6, 6.07) is 24.4. The summed E-state index contributed by atoms with van der Waals surface area (Å²) >= 11 is 24.5. The number of hydrogen-bond acceptors (Lipinski definition) is 2. The monoisotopic (exact) mass is 519 g/mol. The van der Waals surface area contributed by atoms with Crippen LogP contribution in [0.2, 0.25) is 20.1 Å². The zero-order chi connectivity index (χ0) is 23.4. The molecule has 0 heterocycles. The van der Waals surface area contributed by atoms with Gasteiger partial charge in [0.15, 0.2) is 17.7 Å². The number of rotatable bonds is 7. The van der Waals surface area contributed by atoms with Gasteiger partial charge < -0.3 is 10.1 Å². The molecule has 0 spiro atoms. The molecular weight excluding hydrogens is 503 g/mol. The Morgan fingerprint density at radius 1 is 0.727 bits per heavy atom. The summed E-state index contributed by atoms with van der Waals surface area (Å²) in [7, 11) is 0. The first kappa shape index (κ1) is 23.7. The van der Waals surface area contributed by atoms with Gasteiger partial charge in [0.25, 0.3) is 0 Å². The molecule has 0 radical (unpaired) electrons. The highest BCUT2D eigenvalue weighted by atomic mass is 35.5. The number of benzene rings is 4. The van der Waals surface area contributed by atoms with Crippen molar-refractivity contribution in [3.63, 3.8) is 0 Å². The minimum absolute atomic E-state index is 0.108. The molecule has 0 aromatic heterocycles. The predicted molar refractivity (Wildman–Crippen MR) is 136 cm³/mol. The maximum absolute atomic E-state index is 15.0. The molecule has 0 aliphatic heterocycles. The quantitative estimate of drug-likeness (QED) is 0.262. The van der Waals surface area contributed by atoms with Crippen LogP contribution in [-0.4, -0.2) is 0 Å². The Labute approximate surface area is 211 Å². The molecule has 7 heteroatoms. The van der Waals surface area contributed by atoms with Crippen molar-refractivity contribution >= 4 is 52.1 Å². The summed E-state index contributed by atoms with van der Waals surface area (Å²) in [6.07, 6.45) is -0.653. The van der Waals surface area contributed by atoms with Gasteiger partial charge in [-0.3, -0.25) is 0 Å². The number of anilines is 1. The van der Waals surface area contributed by atoms with E-state index >= 15 is 4.39 Å². The van der Waals surface area contributed by atoms with E-state index in [0.717, 1.165) is 16.8 Å². The number of nitrogens with one attached hydrogen (secondary N) is 1. The average Bonchev–Trinajstić information content (AvgIpc) is 2.79. The molecule has 4 aromatic carbocycles. The van der Waals surface area contributed by atoms with Gasteiger partial charge in [-0.1, -0.05) is 70.7 Å². The molecule has 1 atom stereocenters. The average molecular weight is 521 g/mol. The third kappa shape index (κ3) is 6.13. The Kier molecular flexibility index (Phi) is 7.67. The lowest BCUT2D eigenvalue weighted by Crippen LogP contribution is -2.11. The minimum Gasteiger partial charge on any atom is -0.478 e. The van der Waals surface area contributed by atoms with Gasteiger partial charge in [0, 0.05) is 37.9 Å². The van der Waals surface area contributed by atoms with E-state index in [9.17, 15) is 0 Å². The fourth-order valence-corrected chi connectivity index (χ4v) is 4.07. The molecule has 2 nitrogen and oxygen atoms in total. The van der Waals surface area contributed by atoms with Crippen molar-refractivity contribution in [2.75, 3.05) is 5.32 Å². The number of hydrogen-bond donors (Lipinski definition) is 1. The summed E-state index contributed by atoms with van der Waals surface area (Å²) in [5.74, 6) is -0.370. The van der Waals surface area contributed by atoms with Crippen LogP contribution < -0.4 is 10.1 Å². The molecule has 0 bridgehead atoms. The predicted octanol–water partition coefficient (Wildman–Crippen LogP) is 9.22. The van der Waals surface area contributed by atoms with E-state index in [1.54, 1.807) is 48.5 Å². The van der Waals surface area contributed by atoms with Gasteiger partial charge in [-0.15, -0.1) is 0 Å². The smallest absolute Gasteiger partial charge is 0.165 e. The van der Waals surface area contributed by atoms with E-state index in [2.05, 4.69) is 5.32 Å². The zero-order valence-corrected chi connectivity index (χ0v) is 20.2. The third-order valence-corrected chi connectivity index (χ3v) is 6.07. The molecule has 0 aliphatic carbocycles. The van der Waals surface area contributed by atoms with Gasteiger partial charge in [-0.05, 0) is 71.8 Å². The number of halogens is 5. The lowest BCUT2D eigenvalue weighted by molar-refractivity contribution is 0.235. The molecule has 0 saturated carbocycles. The Morgan fingerprint density at radius 2 is 1.36 bits per heavy atom. The van der Waals surface area contributed by atoms with Crippen LogP contribution in [0.5, 0.6) is 5.75 Å². The Morgan fingerprint density at radius 3 is 2.00 bits per heavy atom. The molecular formula is C26H18Cl4FNO. The fourth-order valence-electron chi connectivity index (χ4n) is 3.31. The summed E-state index contributed by atoms with van der Waals surface area (Å²) in [4.78, 5) is 0. The molecule has 33 heavy (non-hydrogen) atoms. The first-order valence-electron chi connectivity index (χ1n) is 10.0. The highest BCUT2D eigenvalue weighted by Gasteiger charge is 2.21. The van der Waals surface area contributed by atoms with Crippen LogP contribution in [0.15, 0.2) is 84.9 Å². The van der Waals surface area contributed by atoms with Gasteiger partial charge in [0.1, 0.15) is 0 Å². The Hall–Kier alpha value is -2.43. The largest absolute Gasteiger partial charge is 0.478 e. The van der Waals surface area contributed by atoms with Crippen LogP contribution >= 0.6 is 46.4 Å². The van der Waals surface area contributed by atoms with Crippen LogP contribution in [0.1, 0.15) is 22.8 Å². The van der Waals surface area contributed by atoms with Gasteiger partial charge >= 0.3 is 0 Å². The van der Waals surface area contributed by atoms with Gasteiger partial charge in [-0.25, -0.2) is 4.39 Å². The van der Waals surface area contributed by atoms with E-state index in [1.807, 2.05) is 30.3 Å². The van der Waals surface area contributed by atoms with Gasteiger partial charge in [0.05, 0.1) is 0 Å². The molecule has 168 valence electrons. The van der Waals surface area contributed by atoms with E-state index < -0.39 is 11.9 Å². The van der Waals surface area contributed by atoms with Crippen molar-refractivity contribution < 1.29 is 9.13 Å². The highest BCUT2D eigenvalue weighted by molar-refractivity contribution is 6.35. The summed E-state index contributed by atoms with van der Waals surface area (Å²) < 4.78 is 21.1. The van der Waals surface area contributed by atoms with Crippen LogP contribution in [0, 0.1) is 5.82 Å². The van der Waals surface area contributed by atoms with Crippen molar-refractivity contribution in [2.24, 2.45) is 0 Å².